The highest BCUT2D eigenvalue weighted by molar-refractivity contribution is 7.58. The average molecular weight is 390 g/mol. The van der Waals surface area contributed by atoms with Gasteiger partial charge < -0.3 is 10.3 Å². The molecule has 0 aliphatic carbocycles. The van der Waals surface area contributed by atoms with Crippen molar-refractivity contribution in [2.24, 2.45) is 5.73 Å². The summed E-state index contributed by atoms with van der Waals surface area (Å²) >= 11 is 0. The maximum absolute atomic E-state index is 12.4. The molecule has 0 rings (SSSR count). The summed E-state index contributed by atoms with van der Waals surface area (Å²) in [5, 5.41) is 0. The fraction of sp³-hybridized carbons (Fsp3) is 1.00. The van der Waals surface area contributed by atoms with Crippen LogP contribution in [0, 0.1) is 0 Å². The van der Waals surface area contributed by atoms with Crippen LogP contribution in [0.2, 0.25) is 0 Å². The summed E-state index contributed by atoms with van der Waals surface area (Å²) in [7, 11) is -0.798. The second kappa shape index (κ2) is 19.9. The predicted octanol–water partition coefficient (Wildman–Crippen LogP) is 7.52. The third-order valence-corrected chi connectivity index (χ3v) is 8.05. The lowest BCUT2D eigenvalue weighted by Crippen LogP contribution is -2.05. The Morgan fingerprint density at radius 1 is 0.615 bits per heavy atom. The van der Waals surface area contributed by atoms with E-state index in [-0.39, 0.29) is 0 Å². The maximum atomic E-state index is 12.4. The molecule has 0 aliphatic heterocycles. The van der Waals surface area contributed by atoms with Crippen molar-refractivity contribution in [2.45, 2.75) is 116 Å². The van der Waals surface area contributed by atoms with Crippen LogP contribution in [-0.4, -0.2) is 26.0 Å². The van der Waals surface area contributed by atoms with E-state index in [1.165, 1.54) is 96.3 Å². The molecule has 0 aromatic rings. The van der Waals surface area contributed by atoms with E-state index in [9.17, 15) is 4.57 Å². The first-order valence-corrected chi connectivity index (χ1v) is 13.5. The Bertz CT molecular complexity index is 323. The highest BCUT2D eigenvalue weighted by Gasteiger charge is 2.19. The van der Waals surface area contributed by atoms with Crippen molar-refractivity contribution in [3.8, 4) is 0 Å². The molecule has 0 saturated carbocycles. The van der Waals surface area contributed by atoms with Crippen LogP contribution in [0.3, 0.4) is 0 Å². The molecule has 0 amide bonds. The minimum atomic E-state index is -2.38. The molecule has 4 heteroatoms. The van der Waals surface area contributed by atoms with E-state index in [2.05, 4.69) is 6.92 Å². The highest BCUT2D eigenvalue weighted by Crippen LogP contribution is 2.47. The van der Waals surface area contributed by atoms with Crippen molar-refractivity contribution < 1.29 is 9.09 Å². The summed E-state index contributed by atoms with van der Waals surface area (Å²) in [6.07, 6.45) is 24.0. The monoisotopic (exact) mass is 389 g/mol. The van der Waals surface area contributed by atoms with Crippen LogP contribution in [0.15, 0.2) is 0 Å². The molecule has 0 bridgehead atoms. The van der Waals surface area contributed by atoms with Crippen molar-refractivity contribution in [1.82, 2.24) is 0 Å². The minimum Gasteiger partial charge on any atom is -0.332 e. The molecular weight excluding hydrogens is 341 g/mol. The quantitative estimate of drug-likeness (QED) is 0.163. The van der Waals surface area contributed by atoms with Gasteiger partial charge in [-0.25, -0.2) is 0 Å². The summed E-state index contributed by atoms with van der Waals surface area (Å²) in [4.78, 5) is 0. The van der Waals surface area contributed by atoms with Gasteiger partial charge in [0.15, 0.2) is 0 Å². The molecular formula is C22H48NO2P. The molecule has 0 aliphatic rings. The molecule has 1 unspecified atom stereocenters. The molecule has 0 aromatic carbocycles. The third kappa shape index (κ3) is 17.6. The van der Waals surface area contributed by atoms with Gasteiger partial charge in [-0.1, -0.05) is 103 Å². The molecule has 0 saturated heterocycles. The lowest BCUT2D eigenvalue weighted by atomic mass is 10.0. The first kappa shape index (κ1) is 26.1. The standard InChI is InChI=1S/C22H48NO2P/c1-3-4-5-6-7-8-9-10-11-12-13-14-15-16-17-18-21-26(24,25-2)22-19-20-23/h3-23H2,1-2H3. The number of nitrogens with two attached hydrogens (primary N) is 1. The van der Waals surface area contributed by atoms with Crippen LogP contribution < -0.4 is 5.73 Å². The van der Waals surface area contributed by atoms with Gasteiger partial charge in [-0.2, -0.15) is 0 Å². The fourth-order valence-corrected chi connectivity index (χ4v) is 5.49. The van der Waals surface area contributed by atoms with Crippen LogP contribution in [0.25, 0.3) is 0 Å². The number of hydrogen-bond donors (Lipinski definition) is 1. The van der Waals surface area contributed by atoms with E-state index < -0.39 is 7.37 Å². The topological polar surface area (TPSA) is 52.3 Å². The summed E-state index contributed by atoms with van der Waals surface area (Å²) in [6.45, 7) is 2.89. The maximum Gasteiger partial charge on any atom is 0.202 e. The summed E-state index contributed by atoms with van der Waals surface area (Å²) in [5.74, 6) is 0. The van der Waals surface area contributed by atoms with E-state index in [0.29, 0.717) is 12.7 Å². The molecule has 26 heavy (non-hydrogen) atoms. The summed E-state index contributed by atoms with van der Waals surface area (Å²) in [6, 6.07) is 0. The van der Waals surface area contributed by atoms with Crippen molar-refractivity contribution in [2.75, 3.05) is 26.0 Å². The van der Waals surface area contributed by atoms with Crippen molar-refractivity contribution >= 4 is 7.37 Å². The van der Waals surface area contributed by atoms with E-state index >= 15 is 0 Å². The molecule has 2 N–H and O–H groups in total. The zero-order chi connectivity index (χ0) is 19.3. The van der Waals surface area contributed by atoms with E-state index in [1.54, 1.807) is 7.11 Å². The smallest absolute Gasteiger partial charge is 0.202 e. The van der Waals surface area contributed by atoms with Gasteiger partial charge in [0.1, 0.15) is 0 Å². The third-order valence-electron chi connectivity index (χ3n) is 5.39. The molecule has 0 aromatic heterocycles. The van der Waals surface area contributed by atoms with Gasteiger partial charge in [-0.05, 0) is 19.4 Å². The summed E-state index contributed by atoms with van der Waals surface area (Å²) < 4.78 is 17.7. The lowest BCUT2D eigenvalue weighted by molar-refractivity contribution is 0.390. The van der Waals surface area contributed by atoms with E-state index in [1.807, 2.05) is 0 Å². The normalized spacial score (nSPS) is 13.8. The van der Waals surface area contributed by atoms with Gasteiger partial charge in [-0.15, -0.1) is 0 Å². The first-order valence-electron chi connectivity index (χ1n) is 11.5. The van der Waals surface area contributed by atoms with Gasteiger partial charge in [0, 0.05) is 19.4 Å². The molecule has 0 heterocycles. The molecule has 3 nitrogen and oxygen atoms in total. The second-order valence-electron chi connectivity index (χ2n) is 7.89. The Hall–Kier alpha value is 0.150. The SMILES string of the molecule is CCCCCCCCCCCCCCCCCCP(=O)(CCCN)OC. The highest BCUT2D eigenvalue weighted by atomic mass is 31.2. The zero-order valence-corrected chi connectivity index (χ0v) is 18.9. The van der Waals surface area contributed by atoms with Gasteiger partial charge in [0.05, 0.1) is 0 Å². The van der Waals surface area contributed by atoms with Crippen molar-refractivity contribution in [1.29, 1.82) is 0 Å². The fourth-order valence-electron chi connectivity index (χ4n) is 3.53. The van der Waals surface area contributed by atoms with E-state index in [4.69, 9.17) is 10.3 Å². The second-order valence-corrected chi connectivity index (χ2v) is 10.8. The van der Waals surface area contributed by atoms with Crippen LogP contribution in [0.1, 0.15) is 116 Å². The lowest BCUT2D eigenvalue weighted by Gasteiger charge is -2.15. The van der Waals surface area contributed by atoms with Crippen molar-refractivity contribution in [3.05, 3.63) is 0 Å². The molecule has 0 radical (unpaired) electrons. The Kier molecular flexibility index (Phi) is 20.0. The Morgan fingerprint density at radius 2 is 0.962 bits per heavy atom. The van der Waals surface area contributed by atoms with Gasteiger partial charge in [0.2, 0.25) is 7.37 Å². The Morgan fingerprint density at radius 3 is 1.31 bits per heavy atom. The number of hydrogen-bond acceptors (Lipinski definition) is 3. The summed E-state index contributed by atoms with van der Waals surface area (Å²) in [5.41, 5.74) is 5.50. The Labute approximate surface area is 164 Å². The first-order chi connectivity index (χ1) is 12.7. The van der Waals surface area contributed by atoms with Crippen LogP contribution in [0.4, 0.5) is 0 Å². The minimum absolute atomic E-state index is 0.603. The number of rotatable bonds is 21. The van der Waals surface area contributed by atoms with Gasteiger partial charge in [-0.3, -0.25) is 4.57 Å². The van der Waals surface area contributed by atoms with Crippen molar-refractivity contribution in [3.63, 3.8) is 0 Å². The largest absolute Gasteiger partial charge is 0.332 e. The molecule has 158 valence electrons. The number of unbranched alkanes of at least 4 members (excludes halogenated alkanes) is 15. The van der Waals surface area contributed by atoms with Crippen LogP contribution in [-0.2, 0) is 9.09 Å². The predicted molar refractivity (Wildman–Crippen MR) is 118 cm³/mol. The van der Waals surface area contributed by atoms with Crippen LogP contribution in [0.5, 0.6) is 0 Å². The van der Waals surface area contributed by atoms with Gasteiger partial charge >= 0.3 is 0 Å². The average Bonchev–Trinajstić information content (AvgIpc) is 2.66. The molecule has 0 spiro atoms. The van der Waals surface area contributed by atoms with Gasteiger partial charge in [0.25, 0.3) is 0 Å². The Balaban J connectivity index is 3.25. The van der Waals surface area contributed by atoms with E-state index in [0.717, 1.165) is 19.0 Å². The molecule has 0 fully saturated rings. The van der Waals surface area contributed by atoms with Crippen LogP contribution >= 0.6 is 7.37 Å². The zero-order valence-electron chi connectivity index (χ0n) is 18.0. The molecule has 1 atom stereocenters.